The number of rotatable bonds is 8. The van der Waals surface area contributed by atoms with Crippen LogP contribution in [0.2, 0.25) is 0 Å². The van der Waals surface area contributed by atoms with Crippen molar-refractivity contribution in [2.45, 2.75) is 6.04 Å². The molecule has 0 aliphatic heterocycles. The van der Waals surface area contributed by atoms with Crippen LogP contribution in [0.25, 0.3) is 0 Å². The Labute approximate surface area is 182 Å². The highest BCUT2D eigenvalue weighted by Crippen LogP contribution is 2.38. The minimum atomic E-state index is -0.473. The molecule has 2 N–H and O–H groups in total. The Hall–Kier alpha value is -2.30. The summed E-state index contributed by atoms with van der Waals surface area (Å²) >= 11 is 0. The fourth-order valence-electron chi connectivity index (χ4n) is 3.68. The highest BCUT2D eigenvalue weighted by molar-refractivity contribution is 7.74. The van der Waals surface area contributed by atoms with Crippen LogP contribution in [0.1, 0.15) is 0 Å². The van der Waals surface area contributed by atoms with E-state index in [1.807, 2.05) is 0 Å². The minimum Gasteiger partial charge on any atom is -0.327 e. The summed E-state index contributed by atoms with van der Waals surface area (Å²) in [4.78, 5) is 0. The molecule has 0 radical (unpaired) electrons. The Kier molecular flexibility index (Phi) is 7.44. The molecule has 4 rings (SSSR count). The summed E-state index contributed by atoms with van der Waals surface area (Å²) in [5, 5.41) is 5.60. The van der Waals surface area contributed by atoms with Crippen LogP contribution in [0.3, 0.4) is 0 Å². The molecule has 0 fully saturated rings. The standard InChI is InChI=1S/C27H27NP2/c28-23(21-29(24-13-5-1-6-14-24)25-15-7-2-8-16-25)22-30(26-17-9-3-10-18-26)27-19-11-4-12-20-27/h1-20,23H,21-22,28H2. The maximum atomic E-state index is 6.86. The van der Waals surface area contributed by atoms with E-state index in [0.717, 1.165) is 12.3 Å². The average molecular weight is 427 g/mol. The Morgan fingerprint density at radius 3 is 0.900 bits per heavy atom. The van der Waals surface area contributed by atoms with Gasteiger partial charge in [0.1, 0.15) is 0 Å². The monoisotopic (exact) mass is 427 g/mol. The van der Waals surface area contributed by atoms with Gasteiger partial charge >= 0.3 is 0 Å². The van der Waals surface area contributed by atoms with E-state index in [0.29, 0.717) is 0 Å². The molecule has 4 aromatic rings. The van der Waals surface area contributed by atoms with Crippen molar-refractivity contribution in [3.05, 3.63) is 121 Å². The number of hydrogen-bond donors (Lipinski definition) is 1. The third-order valence-corrected chi connectivity index (χ3v) is 10.5. The molecular formula is C27H27NP2. The molecule has 0 amide bonds. The second-order valence-corrected chi connectivity index (χ2v) is 11.8. The lowest BCUT2D eigenvalue weighted by atomic mass is 10.4. The van der Waals surface area contributed by atoms with Crippen LogP contribution >= 0.6 is 15.8 Å². The van der Waals surface area contributed by atoms with E-state index >= 15 is 0 Å². The second kappa shape index (κ2) is 10.6. The predicted molar refractivity (Wildman–Crippen MR) is 136 cm³/mol. The van der Waals surface area contributed by atoms with E-state index in [4.69, 9.17) is 5.73 Å². The van der Waals surface area contributed by atoms with Crippen molar-refractivity contribution in [3.63, 3.8) is 0 Å². The van der Waals surface area contributed by atoms with Gasteiger partial charge < -0.3 is 5.73 Å². The first-order chi connectivity index (χ1) is 14.8. The molecule has 0 bridgehead atoms. The molecule has 1 nitrogen and oxygen atoms in total. The number of benzene rings is 4. The zero-order chi connectivity index (χ0) is 20.6. The summed E-state index contributed by atoms with van der Waals surface area (Å²) < 4.78 is 0. The van der Waals surface area contributed by atoms with Crippen LogP contribution in [0.4, 0.5) is 0 Å². The predicted octanol–water partition coefficient (Wildman–Crippen LogP) is 4.58. The fraction of sp³-hybridized carbons (Fsp3) is 0.111. The Balaban J connectivity index is 1.59. The fourth-order valence-corrected chi connectivity index (χ4v) is 8.65. The largest absolute Gasteiger partial charge is 0.327 e. The van der Waals surface area contributed by atoms with Crippen LogP contribution in [-0.4, -0.2) is 18.4 Å². The van der Waals surface area contributed by atoms with Crippen molar-refractivity contribution >= 4 is 37.1 Å². The first kappa shape index (κ1) is 21.0. The molecule has 0 aliphatic rings. The molecule has 0 spiro atoms. The molecule has 0 aliphatic carbocycles. The smallest absolute Gasteiger partial charge is 0.0130 e. The maximum Gasteiger partial charge on any atom is 0.0130 e. The van der Waals surface area contributed by atoms with Crippen molar-refractivity contribution in [1.82, 2.24) is 0 Å². The molecule has 4 aromatic carbocycles. The Morgan fingerprint density at radius 1 is 0.433 bits per heavy atom. The van der Waals surface area contributed by atoms with E-state index in [2.05, 4.69) is 121 Å². The highest BCUT2D eigenvalue weighted by atomic mass is 31.1. The highest BCUT2D eigenvalue weighted by Gasteiger charge is 2.22. The molecule has 3 heteroatoms. The van der Waals surface area contributed by atoms with Gasteiger partial charge in [-0.1, -0.05) is 121 Å². The number of hydrogen-bond acceptors (Lipinski definition) is 1. The quantitative estimate of drug-likeness (QED) is 0.410. The van der Waals surface area contributed by atoms with Gasteiger partial charge in [0, 0.05) is 6.04 Å². The number of nitrogens with two attached hydrogens (primary N) is 1. The maximum absolute atomic E-state index is 6.86. The minimum absolute atomic E-state index is 0.142. The van der Waals surface area contributed by atoms with Crippen LogP contribution in [0.5, 0.6) is 0 Å². The first-order valence-corrected chi connectivity index (χ1v) is 13.4. The topological polar surface area (TPSA) is 26.0 Å². The lowest BCUT2D eigenvalue weighted by Gasteiger charge is -2.26. The van der Waals surface area contributed by atoms with Gasteiger partial charge in [0.25, 0.3) is 0 Å². The third-order valence-electron chi connectivity index (χ3n) is 5.11. The molecule has 0 saturated carbocycles. The summed E-state index contributed by atoms with van der Waals surface area (Å²) in [5.41, 5.74) is 6.86. The summed E-state index contributed by atoms with van der Waals surface area (Å²) in [6.45, 7) is 0. The first-order valence-electron chi connectivity index (χ1n) is 10.3. The van der Waals surface area contributed by atoms with Crippen LogP contribution in [-0.2, 0) is 0 Å². The molecule has 150 valence electrons. The van der Waals surface area contributed by atoms with Crippen LogP contribution < -0.4 is 27.0 Å². The zero-order valence-corrected chi connectivity index (χ0v) is 18.8. The van der Waals surface area contributed by atoms with Gasteiger partial charge in [-0.05, 0) is 49.4 Å². The second-order valence-electron chi connectivity index (χ2n) is 7.32. The van der Waals surface area contributed by atoms with Crippen molar-refractivity contribution in [2.24, 2.45) is 5.73 Å². The summed E-state index contributed by atoms with van der Waals surface area (Å²) in [7, 11) is -0.947. The lowest BCUT2D eigenvalue weighted by molar-refractivity contribution is 0.854. The molecule has 0 heterocycles. The Bertz CT molecular complexity index is 844. The van der Waals surface area contributed by atoms with Crippen molar-refractivity contribution < 1.29 is 0 Å². The van der Waals surface area contributed by atoms with Crippen molar-refractivity contribution in [2.75, 3.05) is 12.3 Å². The third kappa shape index (κ3) is 5.44. The molecule has 0 atom stereocenters. The van der Waals surface area contributed by atoms with E-state index in [1.54, 1.807) is 0 Å². The Morgan fingerprint density at radius 2 is 0.667 bits per heavy atom. The lowest BCUT2D eigenvalue weighted by Crippen LogP contribution is -2.33. The molecule has 0 unspecified atom stereocenters. The summed E-state index contributed by atoms with van der Waals surface area (Å²) in [6, 6.07) is 43.6. The molecule has 0 saturated heterocycles. The van der Waals surface area contributed by atoms with Gasteiger partial charge in [0.2, 0.25) is 0 Å². The van der Waals surface area contributed by atoms with Gasteiger partial charge in [-0.25, -0.2) is 0 Å². The average Bonchev–Trinajstić information content (AvgIpc) is 2.83. The van der Waals surface area contributed by atoms with Crippen LogP contribution in [0.15, 0.2) is 121 Å². The summed E-state index contributed by atoms with van der Waals surface area (Å²) in [6.07, 6.45) is 2.00. The van der Waals surface area contributed by atoms with Gasteiger partial charge in [-0.2, -0.15) is 0 Å². The zero-order valence-electron chi connectivity index (χ0n) is 17.0. The van der Waals surface area contributed by atoms with Crippen molar-refractivity contribution in [3.8, 4) is 0 Å². The van der Waals surface area contributed by atoms with Crippen LogP contribution in [0, 0.1) is 0 Å². The molecular weight excluding hydrogens is 400 g/mol. The molecule has 30 heavy (non-hydrogen) atoms. The van der Waals surface area contributed by atoms with E-state index < -0.39 is 15.8 Å². The molecule has 0 aromatic heterocycles. The summed E-state index contributed by atoms with van der Waals surface area (Å²) in [5.74, 6) is 0. The van der Waals surface area contributed by atoms with E-state index in [9.17, 15) is 0 Å². The van der Waals surface area contributed by atoms with E-state index in [-0.39, 0.29) is 6.04 Å². The van der Waals surface area contributed by atoms with E-state index in [1.165, 1.54) is 21.2 Å². The van der Waals surface area contributed by atoms with Gasteiger partial charge in [-0.15, -0.1) is 0 Å². The van der Waals surface area contributed by atoms with Gasteiger partial charge in [0.05, 0.1) is 0 Å². The van der Waals surface area contributed by atoms with Gasteiger partial charge in [0.15, 0.2) is 0 Å². The van der Waals surface area contributed by atoms with Gasteiger partial charge in [-0.3, -0.25) is 0 Å². The van der Waals surface area contributed by atoms with Crippen molar-refractivity contribution in [1.29, 1.82) is 0 Å². The normalized spacial score (nSPS) is 11.3. The SMILES string of the molecule is NC(CP(c1ccccc1)c1ccccc1)CP(c1ccccc1)c1ccccc1.